The lowest BCUT2D eigenvalue weighted by atomic mass is 10.2. The molecule has 110 valence electrons. The summed E-state index contributed by atoms with van der Waals surface area (Å²) in [6.45, 7) is 7.52. The predicted octanol–water partition coefficient (Wildman–Crippen LogP) is 1.44. The quantitative estimate of drug-likeness (QED) is 0.902. The zero-order valence-corrected chi connectivity index (χ0v) is 12.3. The lowest BCUT2D eigenvalue weighted by Gasteiger charge is -2.24. The highest BCUT2D eigenvalue weighted by atomic mass is 16.4. The zero-order valence-electron chi connectivity index (χ0n) is 12.3. The molecule has 2 rings (SSSR count). The van der Waals surface area contributed by atoms with Crippen molar-refractivity contribution in [1.29, 1.82) is 0 Å². The molecule has 1 aliphatic heterocycles. The predicted molar refractivity (Wildman–Crippen MR) is 77.4 cm³/mol. The van der Waals surface area contributed by atoms with E-state index in [9.17, 15) is 9.90 Å². The third kappa shape index (κ3) is 3.25. The molecule has 0 radical (unpaired) electrons. The Morgan fingerprint density at radius 3 is 2.70 bits per heavy atom. The molecule has 1 aromatic rings. The molecule has 0 aliphatic carbocycles. The standard InChI is InChI=1S/C14H22N4O2/c1-10(2)13-15-9-11(12(16-13)14(19)20)18-6-4-5-17(3)7-8-18/h9-10H,4-8H2,1-3H3,(H,19,20). The fourth-order valence-electron chi connectivity index (χ4n) is 2.34. The Bertz CT molecular complexity index is 490. The summed E-state index contributed by atoms with van der Waals surface area (Å²) in [4.78, 5) is 24.3. The van der Waals surface area contributed by atoms with Gasteiger partial charge in [0, 0.05) is 25.6 Å². The number of rotatable bonds is 3. The Kier molecular flexibility index (Phi) is 4.54. The van der Waals surface area contributed by atoms with E-state index in [2.05, 4.69) is 26.8 Å². The van der Waals surface area contributed by atoms with Crippen LogP contribution in [0.25, 0.3) is 0 Å². The molecule has 0 aromatic carbocycles. The van der Waals surface area contributed by atoms with Gasteiger partial charge in [0.2, 0.25) is 0 Å². The van der Waals surface area contributed by atoms with Gasteiger partial charge in [-0.3, -0.25) is 0 Å². The van der Waals surface area contributed by atoms with Crippen molar-refractivity contribution in [2.75, 3.05) is 38.1 Å². The largest absolute Gasteiger partial charge is 0.476 e. The Labute approximate surface area is 119 Å². The fourth-order valence-corrected chi connectivity index (χ4v) is 2.34. The number of carbonyl (C=O) groups is 1. The average Bonchev–Trinajstić information content (AvgIpc) is 2.62. The molecule has 1 aromatic heterocycles. The third-order valence-corrected chi connectivity index (χ3v) is 3.57. The van der Waals surface area contributed by atoms with Crippen LogP contribution in [0.15, 0.2) is 6.20 Å². The number of aromatic carboxylic acids is 1. The van der Waals surface area contributed by atoms with Crippen LogP contribution in [0.1, 0.15) is 42.5 Å². The topological polar surface area (TPSA) is 69.6 Å². The first-order valence-electron chi connectivity index (χ1n) is 7.02. The fraction of sp³-hybridized carbons (Fsp3) is 0.643. The number of carboxylic acid groups (broad SMARTS) is 1. The highest BCUT2D eigenvalue weighted by Crippen LogP contribution is 2.21. The summed E-state index contributed by atoms with van der Waals surface area (Å²) in [7, 11) is 2.08. The van der Waals surface area contributed by atoms with Crippen molar-refractivity contribution in [2.45, 2.75) is 26.2 Å². The van der Waals surface area contributed by atoms with Crippen molar-refractivity contribution >= 4 is 11.7 Å². The van der Waals surface area contributed by atoms with Gasteiger partial charge in [0.05, 0.1) is 11.9 Å². The van der Waals surface area contributed by atoms with Crippen LogP contribution in [0.4, 0.5) is 5.69 Å². The Morgan fingerprint density at radius 1 is 1.30 bits per heavy atom. The van der Waals surface area contributed by atoms with E-state index in [-0.39, 0.29) is 11.6 Å². The van der Waals surface area contributed by atoms with E-state index in [1.165, 1.54) is 0 Å². The van der Waals surface area contributed by atoms with Gasteiger partial charge in [-0.25, -0.2) is 14.8 Å². The van der Waals surface area contributed by atoms with Gasteiger partial charge < -0.3 is 14.9 Å². The van der Waals surface area contributed by atoms with Crippen LogP contribution >= 0.6 is 0 Å². The summed E-state index contributed by atoms with van der Waals surface area (Å²) >= 11 is 0. The Balaban J connectivity index is 2.32. The van der Waals surface area contributed by atoms with Crippen LogP contribution in [0, 0.1) is 0 Å². The second kappa shape index (κ2) is 6.17. The van der Waals surface area contributed by atoms with Crippen molar-refractivity contribution in [1.82, 2.24) is 14.9 Å². The molecule has 0 saturated carbocycles. The number of nitrogens with zero attached hydrogens (tertiary/aromatic N) is 4. The van der Waals surface area contributed by atoms with E-state index in [4.69, 9.17) is 0 Å². The van der Waals surface area contributed by atoms with Crippen molar-refractivity contribution in [2.24, 2.45) is 0 Å². The van der Waals surface area contributed by atoms with Gasteiger partial charge >= 0.3 is 5.97 Å². The van der Waals surface area contributed by atoms with Crippen LogP contribution in [0.5, 0.6) is 0 Å². The third-order valence-electron chi connectivity index (χ3n) is 3.57. The van der Waals surface area contributed by atoms with Crippen LogP contribution in [-0.4, -0.2) is 59.2 Å². The molecule has 6 nitrogen and oxygen atoms in total. The molecule has 0 amide bonds. The van der Waals surface area contributed by atoms with Crippen molar-refractivity contribution < 1.29 is 9.90 Å². The van der Waals surface area contributed by atoms with Crippen molar-refractivity contribution in [3.8, 4) is 0 Å². The lowest BCUT2D eigenvalue weighted by Crippen LogP contribution is -2.30. The Morgan fingerprint density at radius 2 is 2.05 bits per heavy atom. The maximum Gasteiger partial charge on any atom is 0.356 e. The summed E-state index contributed by atoms with van der Waals surface area (Å²) < 4.78 is 0. The molecule has 1 aliphatic rings. The molecule has 20 heavy (non-hydrogen) atoms. The monoisotopic (exact) mass is 278 g/mol. The molecule has 1 fully saturated rings. The molecule has 0 bridgehead atoms. The molecule has 0 spiro atoms. The molecule has 1 N–H and O–H groups in total. The number of carboxylic acids is 1. The molecule has 0 unspecified atom stereocenters. The minimum Gasteiger partial charge on any atom is -0.476 e. The highest BCUT2D eigenvalue weighted by Gasteiger charge is 2.21. The zero-order chi connectivity index (χ0) is 14.7. The van der Waals surface area contributed by atoms with E-state index in [0.717, 1.165) is 32.6 Å². The molecule has 1 saturated heterocycles. The number of anilines is 1. The van der Waals surface area contributed by atoms with E-state index in [0.29, 0.717) is 11.5 Å². The van der Waals surface area contributed by atoms with Gasteiger partial charge in [-0.15, -0.1) is 0 Å². The summed E-state index contributed by atoms with van der Waals surface area (Å²) in [5.74, 6) is -0.280. The van der Waals surface area contributed by atoms with E-state index in [1.54, 1.807) is 6.20 Å². The smallest absolute Gasteiger partial charge is 0.356 e. The van der Waals surface area contributed by atoms with Gasteiger partial charge in [-0.1, -0.05) is 13.8 Å². The Hall–Kier alpha value is -1.69. The first-order chi connectivity index (χ1) is 9.49. The second-order valence-electron chi connectivity index (χ2n) is 5.57. The van der Waals surface area contributed by atoms with Crippen molar-refractivity contribution in [3.63, 3.8) is 0 Å². The van der Waals surface area contributed by atoms with Gasteiger partial charge in [0.25, 0.3) is 0 Å². The molecule has 0 atom stereocenters. The van der Waals surface area contributed by atoms with Gasteiger partial charge in [0.15, 0.2) is 5.69 Å². The highest BCUT2D eigenvalue weighted by molar-refractivity contribution is 5.92. The lowest BCUT2D eigenvalue weighted by molar-refractivity contribution is 0.0690. The van der Waals surface area contributed by atoms with Crippen molar-refractivity contribution in [3.05, 3.63) is 17.7 Å². The number of likely N-dealkylation sites (N-methyl/N-ethyl adjacent to an activating group) is 1. The van der Waals surface area contributed by atoms with E-state index < -0.39 is 5.97 Å². The minimum atomic E-state index is -0.984. The minimum absolute atomic E-state index is 0.119. The van der Waals surface area contributed by atoms with Crippen LogP contribution < -0.4 is 4.90 Å². The van der Waals surface area contributed by atoms with E-state index >= 15 is 0 Å². The summed E-state index contributed by atoms with van der Waals surface area (Å²) in [6, 6.07) is 0. The summed E-state index contributed by atoms with van der Waals surface area (Å²) in [5.41, 5.74) is 0.755. The molecule has 6 heteroatoms. The maximum absolute atomic E-state index is 11.5. The maximum atomic E-state index is 11.5. The SMILES string of the molecule is CC(C)c1ncc(N2CCCN(C)CC2)c(C(=O)O)n1. The normalized spacial score (nSPS) is 17.3. The number of hydrogen-bond acceptors (Lipinski definition) is 5. The first-order valence-corrected chi connectivity index (χ1v) is 7.02. The van der Waals surface area contributed by atoms with Crippen LogP contribution in [-0.2, 0) is 0 Å². The molecular formula is C14H22N4O2. The average molecular weight is 278 g/mol. The second-order valence-corrected chi connectivity index (χ2v) is 5.57. The first kappa shape index (κ1) is 14.7. The van der Waals surface area contributed by atoms with Crippen LogP contribution in [0.2, 0.25) is 0 Å². The molecule has 2 heterocycles. The van der Waals surface area contributed by atoms with Gasteiger partial charge in [-0.2, -0.15) is 0 Å². The van der Waals surface area contributed by atoms with Gasteiger partial charge in [0.1, 0.15) is 5.82 Å². The van der Waals surface area contributed by atoms with Crippen LogP contribution in [0.3, 0.4) is 0 Å². The summed E-state index contributed by atoms with van der Waals surface area (Å²) in [6.07, 6.45) is 2.68. The number of hydrogen-bond donors (Lipinski definition) is 1. The van der Waals surface area contributed by atoms with Gasteiger partial charge in [-0.05, 0) is 20.0 Å². The van der Waals surface area contributed by atoms with E-state index in [1.807, 2.05) is 13.8 Å². The molecular weight excluding hydrogens is 256 g/mol. The number of aromatic nitrogens is 2. The summed E-state index contributed by atoms with van der Waals surface area (Å²) in [5, 5.41) is 9.40.